The van der Waals surface area contributed by atoms with Gasteiger partial charge in [-0.1, -0.05) is 62.4 Å². The third kappa shape index (κ3) is 6.73. The average molecular weight is 725 g/mol. The summed E-state index contributed by atoms with van der Waals surface area (Å²) < 4.78 is 73.2. The molecule has 10 nitrogen and oxygen atoms in total. The molecule has 7 rings (SSSR count). The van der Waals surface area contributed by atoms with E-state index in [9.17, 15) is 31.2 Å². The molecule has 2 fully saturated rings. The van der Waals surface area contributed by atoms with Crippen LogP contribution in [0.15, 0.2) is 72.9 Å². The Bertz CT molecular complexity index is 1950. The van der Waals surface area contributed by atoms with Crippen LogP contribution in [0.1, 0.15) is 74.5 Å². The Labute approximate surface area is 294 Å². The maximum Gasteiger partial charge on any atom is 0.534 e. The summed E-state index contributed by atoms with van der Waals surface area (Å²) in [7, 11) is -5.79. The van der Waals surface area contributed by atoms with Crippen LogP contribution in [0.3, 0.4) is 0 Å². The molecule has 0 radical (unpaired) electrons. The minimum absolute atomic E-state index is 0.0461. The van der Waals surface area contributed by atoms with Crippen molar-refractivity contribution in [1.29, 1.82) is 0 Å². The van der Waals surface area contributed by atoms with Gasteiger partial charge in [0.05, 0.1) is 11.7 Å². The Kier molecular flexibility index (Phi) is 9.15. The first-order valence-electron chi connectivity index (χ1n) is 17.2. The maximum absolute atomic E-state index is 13.8. The smallest absolute Gasteiger partial charge is 0.410 e. The molecule has 3 aromatic rings. The zero-order valence-corrected chi connectivity index (χ0v) is 28.9. The van der Waals surface area contributed by atoms with Crippen LogP contribution in [0.5, 0.6) is 11.5 Å². The molecular weight excluding hydrogens is 685 g/mol. The maximum atomic E-state index is 13.8. The number of rotatable bonds is 9. The lowest BCUT2D eigenvalue weighted by Gasteiger charge is -2.34. The normalized spacial score (nSPS) is 22.9. The van der Waals surface area contributed by atoms with E-state index in [1.807, 2.05) is 55.3 Å². The van der Waals surface area contributed by atoms with Crippen molar-refractivity contribution in [2.75, 3.05) is 6.54 Å². The first-order chi connectivity index (χ1) is 24.3. The van der Waals surface area contributed by atoms with Gasteiger partial charge >= 0.3 is 21.7 Å². The monoisotopic (exact) mass is 724 g/mol. The number of hydrogen-bond acceptors (Lipinski definition) is 8. The Morgan fingerprint density at radius 1 is 0.922 bits per heavy atom. The third-order valence-electron chi connectivity index (χ3n) is 10.3. The SMILES string of the molecule is CC(C)[C@H](NC(=O)Oc1ccccc1)C(=O)N1CCC[C@H]1C1NC=C(c2ccc(-c3ccc(OS(=O)(=O)C(F)(F)F)c4c3C3CCC4C3)cc2)N1. The van der Waals surface area contributed by atoms with Crippen molar-refractivity contribution >= 4 is 27.8 Å². The Balaban J connectivity index is 1.03. The van der Waals surface area contributed by atoms with Gasteiger partial charge in [0.1, 0.15) is 23.7 Å². The number of nitrogens with one attached hydrogen (secondary N) is 3. The summed E-state index contributed by atoms with van der Waals surface area (Å²) in [5, 5.41) is 9.67. The van der Waals surface area contributed by atoms with E-state index in [2.05, 4.69) is 20.1 Å². The molecule has 51 heavy (non-hydrogen) atoms. The molecule has 1 saturated heterocycles. The molecular formula is C37H39F3N4O6S. The van der Waals surface area contributed by atoms with E-state index in [1.54, 1.807) is 30.3 Å². The van der Waals surface area contributed by atoms with Crippen molar-refractivity contribution in [3.63, 3.8) is 0 Å². The molecule has 3 aromatic carbocycles. The summed E-state index contributed by atoms with van der Waals surface area (Å²) in [5.74, 6) is -0.127. The minimum Gasteiger partial charge on any atom is -0.410 e. The van der Waals surface area contributed by atoms with Gasteiger partial charge in [0, 0.05) is 18.3 Å². The first kappa shape index (κ1) is 34.7. The highest BCUT2D eigenvalue weighted by molar-refractivity contribution is 7.88. The van der Waals surface area contributed by atoms with Crippen LogP contribution in [0.4, 0.5) is 18.0 Å². The van der Waals surface area contributed by atoms with Gasteiger partial charge in [-0.05, 0) is 90.3 Å². The van der Waals surface area contributed by atoms with Crippen LogP contribution in [-0.4, -0.2) is 55.6 Å². The number of benzene rings is 3. The number of likely N-dealkylation sites (tertiary alicyclic amines) is 1. The van der Waals surface area contributed by atoms with E-state index in [1.165, 1.54) is 6.07 Å². The first-order valence-corrected chi connectivity index (χ1v) is 18.6. The van der Waals surface area contributed by atoms with Crippen LogP contribution >= 0.6 is 0 Å². The van der Waals surface area contributed by atoms with E-state index in [0.717, 1.165) is 60.1 Å². The standard InChI is InChI=1S/C37H39F3N4O6S/c1-21(2)33(43-36(46)49-26-7-4-3-5-8-26)35(45)44-18-6-9-29(44)34-41-20-28(42-34)23-12-10-22(11-13-23)27-16-17-30(50-51(47,48)37(38,39)40)32-25-15-14-24(19-25)31(27)32/h3-5,7-8,10-13,16-17,20-21,24-25,29,33-34,41-42H,6,9,14-15,18-19H2,1-2H3,(H,43,46)/t24?,25?,29-,33-,34?/m0/s1. The van der Waals surface area contributed by atoms with Crippen molar-refractivity contribution in [2.45, 2.75) is 81.5 Å². The number of halogens is 3. The molecule has 2 heterocycles. The molecule has 3 unspecified atom stereocenters. The number of hydrogen-bond donors (Lipinski definition) is 3. The van der Waals surface area contributed by atoms with E-state index in [0.29, 0.717) is 17.9 Å². The lowest BCUT2D eigenvalue weighted by atomic mass is 9.85. The molecule has 0 spiro atoms. The van der Waals surface area contributed by atoms with Gasteiger partial charge in [-0.3, -0.25) is 4.79 Å². The molecule has 1 saturated carbocycles. The lowest BCUT2D eigenvalue weighted by Crippen LogP contribution is -2.57. The lowest BCUT2D eigenvalue weighted by molar-refractivity contribution is -0.135. The summed E-state index contributed by atoms with van der Waals surface area (Å²) in [5.41, 5.74) is -0.646. The van der Waals surface area contributed by atoms with Crippen LogP contribution in [0.2, 0.25) is 0 Å². The number of fused-ring (bicyclic) bond motifs is 5. The topological polar surface area (TPSA) is 126 Å². The summed E-state index contributed by atoms with van der Waals surface area (Å²) in [6.45, 7) is 4.32. The largest absolute Gasteiger partial charge is 0.534 e. The Morgan fingerprint density at radius 2 is 1.61 bits per heavy atom. The molecule has 0 aromatic heterocycles. The number of amides is 2. The van der Waals surface area contributed by atoms with Crippen LogP contribution in [0, 0.1) is 5.92 Å². The Morgan fingerprint density at radius 3 is 2.29 bits per heavy atom. The molecule has 14 heteroatoms. The number of alkyl halides is 3. The zero-order valence-electron chi connectivity index (χ0n) is 28.1. The second-order valence-electron chi connectivity index (χ2n) is 13.9. The zero-order chi connectivity index (χ0) is 36.1. The van der Waals surface area contributed by atoms with E-state index >= 15 is 0 Å². The highest BCUT2D eigenvalue weighted by atomic mass is 32.2. The van der Waals surface area contributed by atoms with Gasteiger partial charge in [-0.15, -0.1) is 0 Å². The van der Waals surface area contributed by atoms with Crippen molar-refractivity contribution in [3.8, 4) is 22.6 Å². The van der Waals surface area contributed by atoms with Gasteiger partial charge < -0.3 is 29.8 Å². The summed E-state index contributed by atoms with van der Waals surface area (Å²) in [4.78, 5) is 28.3. The van der Waals surface area contributed by atoms with Crippen molar-refractivity contribution in [1.82, 2.24) is 20.9 Å². The van der Waals surface area contributed by atoms with Crippen LogP contribution < -0.4 is 24.9 Å². The minimum atomic E-state index is -5.79. The number of ether oxygens (including phenoxy) is 1. The third-order valence-corrected chi connectivity index (χ3v) is 11.3. The van der Waals surface area contributed by atoms with Crippen molar-refractivity contribution in [2.24, 2.45) is 5.92 Å². The quantitative estimate of drug-likeness (QED) is 0.167. The van der Waals surface area contributed by atoms with Crippen molar-refractivity contribution in [3.05, 3.63) is 89.6 Å². The number of carbonyl (C=O) groups excluding carboxylic acids is 2. The molecule has 270 valence electrons. The van der Waals surface area contributed by atoms with Gasteiger partial charge in [-0.2, -0.15) is 21.6 Å². The van der Waals surface area contributed by atoms with Gasteiger partial charge in [-0.25, -0.2) is 4.79 Å². The van der Waals surface area contributed by atoms with Gasteiger partial charge in [0.25, 0.3) is 0 Å². The molecule has 2 bridgehead atoms. The van der Waals surface area contributed by atoms with Gasteiger partial charge in [0.2, 0.25) is 5.91 Å². The van der Waals surface area contributed by atoms with E-state index in [-0.39, 0.29) is 41.6 Å². The van der Waals surface area contributed by atoms with Gasteiger partial charge in [0.15, 0.2) is 0 Å². The number of carbonyl (C=O) groups is 2. The predicted octanol–water partition coefficient (Wildman–Crippen LogP) is 6.57. The second-order valence-corrected chi connectivity index (χ2v) is 15.4. The summed E-state index contributed by atoms with van der Waals surface area (Å²) in [6.07, 6.45) is 4.93. The number of nitrogens with zero attached hydrogens (tertiary/aromatic N) is 1. The summed E-state index contributed by atoms with van der Waals surface area (Å²) in [6, 6.07) is 18.5. The number of para-hydroxylation sites is 1. The Hall–Kier alpha value is -4.72. The molecule has 2 aliphatic heterocycles. The molecule has 2 aliphatic carbocycles. The second kappa shape index (κ2) is 13.4. The van der Waals surface area contributed by atoms with E-state index in [4.69, 9.17) is 4.74 Å². The summed E-state index contributed by atoms with van der Waals surface area (Å²) >= 11 is 0. The van der Waals surface area contributed by atoms with Crippen LogP contribution in [-0.2, 0) is 14.9 Å². The molecule has 4 aliphatic rings. The molecule has 2 amide bonds. The molecule has 5 atom stereocenters. The molecule has 3 N–H and O–H groups in total. The predicted molar refractivity (Wildman–Crippen MR) is 184 cm³/mol. The fourth-order valence-electron chi connectivity index (χ4n) is 7.96. The highest BCUT2D eigenvalue weighted by Gasteiger charge is 2.50. The van der Waals surface area contributed by atoms with Crippen molar-refractivity contribution < 1.29 is 40.1 Å². The van der Waals surface area contributed by atoms with Crippen LogP contribution in [0.25, 0.3) is 16.8 Å². The average Bonchev–Trinajstić information content (AvgIpc) is 3.92. The fraction of sp³-hybridized carbons (Fsp3) is 0.405. The van der Waals surface area contributed by atoms with E-state index < -0.39 is 27.8 Å². The fourth-order valence-corrected chi connectivity index (χ4v) is 8.43. The highest BCUT2D eigenvalue weighted by Crippen LogP contribution is 2.58.